The number of carboxylic acids is 1. The molecule has 0 amide bonds. The first-order valence-electron chi connectivity index (χ1n) is 7.06. The van der Waals surface area contributed by atoms with Crippen LogP contribution in [0.2, 0.25) is 0 Å². The van der Waals surface area contributed by atoms with Crippen LogP contribution in [0.25, 0.3) is 0 Å². The smallest absolute Gasteiger partial charge is 0.311 e. The number of carbonyl (C=O) groups is 1. The van der Waals surface area contributed by atoms with Gasteiger partial charge in [0.25, 0.3) is 0 Å². The van der Waals surface area contributed by atoms with E-state index >= 15 is 0 Å². The van der Waals surface area contributed by atoms with Crippen LogP contribution in [0.15, 0.2) is 12.1 Å². The van der Waals surface area contributed by atoms with Crippen molar-refractivity contribution in [2.45, 2.75) is 58.8 Å². The van der Waals surface area contributed by atoms with Gasteiger partial charge < -0.3 is 5.11 Å². The molecule has 0 bridgehead atoms. The number of aliphatic carboxylic acids is 1. The minimum Gasteiger partial charge on any atom is -0.481 e. The van der Waals surface area contributed by atoms with Crippen LogP contribution in [0.3, 0.4) is 0 Å². The molecule has 1 saturated carbocycles. The molecule has 19 heavy (non-hydrogen) atoms. The average molecular weight is 260 g/mol. The molecule has 1 aliphatic rings. The maximum Gasteiger partial charge on any atom is 0.311 e. The fraction of sp³-hybridized carbons (Fsp3) is 0.588. The molecule has 1 aliphatic carbocycles. The molecule has 2 heteroatoms. The number of benzene rings is 1. The van der Waals surface area contributed by atoms with Crippen molar-refractivity contribution < 1.29 is 9.90 Å². The lowest BCUT2D eigenvalue weighted by atomic mass is 9.80. The van der Waals surface area contributed by atoms with Gasteiger partial charge in [-0.25, -0.2) is 0 Å². The molecule has 0 radical (unpaired) electrons. The molecule has 2 rings (SSSR count). The highest BCUT2D eigenvalue weighted by Crippen LogP contribution is 2.45. The van der Waals surface area contributed by atoms with Crippen LogP contribution < -0.4 is 0 Å². The fourth-order valence-electron chi connectivity index (χ4n) is 2.89. The van der Waals surface area contributed by atoms with Gasteiger partial charge in [-0.05, 0) is 60.3 Å². The third-order valence-corrected chi connectivity index (χ3v) is 4.13. The van der Waals surface area contributed by atoms with Crippen molar-refractivity contribution in [1.29, 1.82) is 0 Å². The van der Waals surface area contributed by atoms with Crippen LogP contribution in [0.4, 0.5) is 0 Å². The zero-order chi connectivity index (χ0) is 14.4. The monoisotopic (exact) mass is 260 g/mol. The Labute approximate surface area is 115 Å². The standard InChI is InChI=1S/C17H24O2/c1-10-8-13(17(3,4)5)9-11(2)14(10)15(16(18)19)12-6-7-12/h8-9,12,15H,6-7H2,1-5H3,(H,18,19). The molecule has 1 unspecified atom stereocenters. The van der Waals surface area contributed by atoms with E-state index in [2.05, 4.69) is 46.8 Å². The Balaban J connectivity index is 2.49. The lowest BCUT2D eigenvalue weighted by molar-refractivity contribution is -0.139. The van der Waals surface area contributed by atoms with Crippen LogP contribution >= 0.6 is 0 Å². The lowest BCUT2D eigenvalue weighted by Crippen LogP contribution is -2.18. The second-order valence-electron chi connectivity index (χ2n) is 6.93. The summed E-state index contributed by atoms with van der Waals surface area (Å²) in [6.45, 7) is 10.7. The summed E-state index contributed by atoms with van der Waals surface area (Å²) in [5.41, 5.74) is 4.69. The average Bonchev–Trinajstić information content (AvgIpc) is 3.04. The fourth-order valence-corrected chi connectivity index (χ4v) is 2.89. The molecule has 0 aliphatic heterocycles. The SMILES string of the molecule is Cc1cc(C(C)(C)C)cc(C)c1C(C(=O)O)C1CC1. The van der Waals surface area contributed by atoms with Crippen LogP contribution in [-0.2, 0) is 10.2 Å². The predicted octanol–water partition coefficient (Wildman–Crippen LogP) is 4.18. The molecule has 1 atom stereocenters. The third-order valence-electron chi connectivity index (χ3n) is 4.13. The van der Waals surface area contributed by atoms with E-state index in [0.29, 0.717) is 5.92 Å². The molecular formula is C17H24O2. The van der Waals surface area contributed by atoms with Crippen LogP contribution in [0.5, 0.6) is 0 Å². The Morgan fingerprint density at radius 2 is 1.68 bits per heavy atom. The van der Waals surface area contributed by atoms with Crippen LogP contribution in [-0.4, -0.2) is 11.1 Å². The van der Waals surface area contributed by atoms with Crippen molar-refractivity contribution in [1.82, 2.24) is 0 Å². The predicted molar refractivity (Wildman–Crippen MR) is 77.7 cm³/mol. The summed E-state index contributed by atoms with van der Waals surface area (Å²) in [5, 5.41) is 9.52. The highest BCUT2D eigenvalue weighted by atomic mass is 16.4. The molecule has 0 aromatic heterocycles. The molecule has 1 N–H and O–H groups in total. The van der Waals surface area contributed by atoms with E-state index in [-0.39, 0.29) is 11.3 Å². The summed E-state index contributed by atoms with van der Waals surface area (Å²) in [7, 11) is 0. The Kier molecular flexibility index (Phi) is 3.46. The molecule has 0 heterocycles. The Hall–Kier alpha value is -1.31. The molecule has 2 nitrogen and oxygen atoms in total. The van der Waals surface area contributed by atoms with Crippen molar-refractivity contribution in [3.8, 4) is 0 Å². The van der Waals surface area contributed by atoms with E-state index in [9.17, 15) is 9.90 Å². The number of hydrogen-bond donors (Lipinski definition) is 1. The van der Waals surface area contributed by atoms with Gasteiger partial charge in [-0.2, -0.15) is 0 Å². The number of carboxylic acid groups (broad SMARTS) is 1. The van der Waals surface area contributed by atoms with E-state index in [4.69, 9.17) is 0 Å². The van der Waals surface area contributed by atoms with Gasteiger partial charge in [0.15, 0.2) is 0 Å². The topological polar surface area (TPSA) is 37.3 Å². The van der Waals surface area contributed by atoms with Crippen molar-refractivity contribution >= 4 is 5.97 Å². The zero-order valence-electron chi connectivity index (χ0n) is 12.6. The first kappa shape index (κ1) is 14.1. The van der Waals surface area contributed by atoms with Gasteiger partial charge in [0.2, 0.25) is 0 Å². The molecule has 0 spiro atoms. The summed E-state index contributed by atoms with van der Waals surface area (Å²) in [6, 6.07) is 4.33. The maximum absolute atomic E-state index is 11.6. The Morgan fingerprint density at radius 1 is 1.21 bits per heavy atom. The first-order chi connectivity index (χ1) is 8.71. The van der Waals surface area contributed by atoms with Gasteiger partial charge in [0.05, 0.1) is 5.92 Å². The molecule has 0 saturated heterocycles. The van der Waals surface area contributed by atoms with Crippen molar-refractivity contribution in [3.63, 3.8) is 0 Å². The zero-order valence-corrected chi connectivity index (χ0v) is 12.6. The van der Waals surface area contributed by atoms with E-state index in [0.717, 1.165) is 29.5 Å². The highest BCUT2D eigenvalue weighted by molar-refractivity contribution is 5.78. The van der Waals surface area contributed by atoms with Gasteiger partial charge in [-0.1, -0.05) is 32.9 Å². The molecule has 104 valence electrons. The number of aryl methyl sites for hydroxylation is 2. The van der Waals surface area contributed by atoms with E-state index in [1.165, 1.54) is 5.56 Å². The Morgan fingerprint density at radius 3 is 2.00 bits per heavy atom. The van der Waals surface area contributed by atoms with E-state index < -0.39 is 5.97 Å². The van der Waals surface area contributed by atoms with Gasteiger partial charge in [0, 0.05) is 0 Å². The summed E-state index contributed by atoms with van der Waals surface area (Å²) in [4.78, 5) is 11.6. The summed E-state index contributed by atoms with van der Waals surface area (Å²) in [5.74, 6) is -0.637. The van der Waals surface area contributed by atoms with Crippen LogP contribution in [0, 0.1) is 19.8 Å². The first-order valence-corrected chi connectivity index (χ1v) is 7.06. The minimum atomic E-state index is -0.669. The number of rotatable bonds is 3. The highest BCUT2D eigenvalue weighted by Gasteiger charge is 2.39. The normalized spacial score (nSPS) is 17.3. The van der Waals surface area contributed by atoms with Crippen molar-refractivity contribution in [3.05, 3.63) is 34.4 Å². The Bertz CT molecular complexity index is 481. The largest absolute Gasteiger partial charge is 0.481 e. The molecule has 1 aromatic rings. The minimum absolute atomic E-state index is 0.104. The summed E-state index contributed by atoms with van der Waals surface area (Å²) in [6.07, 6.45) is 2.10. The van der Waals surface area contributed by atoms with Gasteiger partial charge >= 0.3 is 5.97 Å². The van der Waals surface area contributed by atoms with Crippen LogP contribution in [0.1, 0.15) is 61.8 Å². The second kappa shape index (κ2) is 4.66. The van der Waals surface area contributed by atoms with Crippen molar-refractivity contribution in [2.24, 2.45) is 5.92 Å². The molecule has 1 fully saturated rings. The van der Waals surface area contributed by atoms with E-state index in [1.807, 2.05) is 0 Å². The molecular weight excluding hydrogens is 236 g/mol. The second-order valence-corrected chi connectivity index (χ2v) is 6.93. The van der Waals surface area contributed by atoms with Crippen molar-refractivity contribution in [2.75, 3.05) is 0 Å². The van der Waals surface area contributed by atoms with E-state index in [1.54, 1.807) is 0 Å². The lowest BCUT2D eigenvalue weighted by Gasteiger charge is -2.24. The van der Waals surface area contributed by atoms with Gasteiger partial charge in [-0.3, -0.25) is 4.79 Å². The molecule has 1 aromatic carbocycles. The third kappa shape index (κ3) is 2.83. The van der Waals surface area contributed by atoms with Gasteiger partial charge in [-0.15, -0.1) is 0 Å². The summed E-state index contributed by atoms with van der Waals surface area (Å²) < 4.78 is 0. The van der Waals surface area contributed by atoms with Gasteiger partial charge in [0.1, 0.15) is 0 Å². The number of hydrogen-bond acceptors (Lipinski definition) is 1. The summed E-state index contributed by atoms with van der Waals surface area (Å²) >= 11 is 0. The maximum atomic E-state index is 11.6. The quantitative estimate of drug-likeness (QED) is 0.885.